The normalized spacial score (nSPS) is 16.0. The Labute approximate surface area is 176 Å². The van der Waals surface area contributed by atoms with E-state index in [1.165, 1.54) is 29.2 Å². The number of ether oxygens (including phenoxy) is 2. The Morgan fingerprint density at radius 2 is 1.71 bits per heavy atom. The number of amidine groups is 1. The molecule has 2 aliphatic rings. The average Bonchev–Trinajstić information content (AvgIpc) is 3.39. The lowest BCUT2D eigenvalue weighted by molar-refractivity contribution is -0.384. The molecule has 0 spiro atoms. The third kappa shape index (κ3) is 3.40. The second kappa shape index (κ2) is 7.42. The Hall–Kier alpha value is -4.46. The van der Waals surface area contributed by atoms with Crippen LogP contribution in [0.5, 0.6) is 11.5 Å². The van der Waals surface area contributed by atoms with Gasteiger partial charge >= 0.3 is 0 Å². The van der Waals surface area contributed by atoms with Gasteiger partial charge in [0.05, 0.1) is 10.6 Å². The molecule has 0 unspecified atom stereocenters. The lowest BCUT2D eigenvalue weighted by Crippen LogP contribution is -2.32. The molecule has 0 aromatic heterocycles. The van der Waals surface area contributed by atoms with Crippen molar-refractivity contribution in [3.63, 3.8) is 0 Å². The van der Waals surface area contributed by atoms with Gasteiger partial charge in [0, 0.05) is 17.7 Å². The number of carbonyl (C=O) groups excluding carboxylic acids is 1. The summed E-state index contributed by atoms with van der Waals surface area (Å²) in [5, 5.41) is 11.0. The summed E-state index contributed by atoms with van der Waals surface area (Å²) in [6.45, 7) is 0.165. The third-order valence-electron chi connectivity index (χ3n) is 4.91. The van der Waals surface area contributed by atoms with Gasteiger partial charge in [-0.3, -0.25) is 19.8 Å². The van der Waals surface area contributed by atoms with Crippen LogP contribution in [0.1, 0.15) is 11.1 Å². The van der Waals surface area contributed by atoms with E-state index < -0.39 is 4.92 Å². The number of amides is 1. The second-order valence-electron chi connectivity index (χ2n) is 6.86. The molecule has 3 aromatic carbocycles. The fraction of sp³-hybridized carbons (Fsp3) is 0.0435. The van der Waals surface area contributed by atoms with Crippen molar-refractivity contribution in [1.82, 2.24) is 0 Å². The van der Waals surface area contributed by atoms with Gasteiger partial charge in [0.15, 0.2) is 11.5 Å². The predicted octanol–water partition coefficient (Wildman–Crippen LogP) is 4.16. The van der Waals surface area contributed by atoms with Gasteiger partial charge in [0.2, 0.25) is 6.79 Å². The van der Waals surface area contributed by atoms with Crippen molar-refractivity contribution >= 4 is 29.2 Å². The van der Waals surface area contributed by atoms with Crippen LogP contribution in [0.2, 0.25) is 0 Å². The number of nitro groups is 1. The van der Waals surface area contributed by atoms with Crippen molar-refractivity contribution in [1.29, 1.82) is 0 Å². The second-order valence-corrected chi connectivity index (χ2v) is 6.86. The first-order valence-corrected chi connectivity index (χ1v) is 9.44. The molecule has 152 valence electrons. The van der Waals surface area contributed by atoms with Gasteiger partial charge in [0.1, 0.15) is 11.5 Å². The molecule has 3 aromatic rings. The monoisotopic (exact) mass is 413 g/mol. The van der Waals surface area contributed by atoms with Gasteiger partial charge in [-0.15, -0.1) is 0 Å². The van der Waals surface area contributed by atoms with Crippen LogP contribution in [0.15, 0.2) is 83.5 Å². The van der Waals surface area contributed by atoms with E-state index in [0.29, 0.717) is 23.0 Å². The highest BCUT2D eigenvalue weighted by Crippen LogP contribution is 2.34. The summed E-state index contributed by atoms with van der Waals surface area (Å²) in [4.78, 5) is 29.9. The van der Waals surface area contributed by atoms with E-state index in [9.17, 15) is 14.9 Å². The van der Waals surface area contributed by atoms with Crippen molar-refractivity contribution in [2.75, 3.05) is 11.7 Å². The summed E-state index contributed by atoms with van der Waals surface area (Å²) >= 11 is 0. The quantitative estimate of drug-likeness (QED) is 0.364. The molecule has 0 atom stereocenters. The number of nitrogens with zero attached hydrogens (tertiary/aromatic N) is 3. The van der Waals surface area contributed by atoms with E-state index in [-0.39, 0.29) is 24.1 Å². The molecule has 0 bridgehead atoms. The lowest BCUT2D eigenvalue weighted by Gasteiger charge is -2.18. The SMILES string of the molecule is O=C1C(=Cc2ccc3c(c2)OCO3)N=C(c2ccccc2)N1c1ccc([N+](=O)[O-])cc1. The number of hydrogen-bond donors (Lipinski definition) is 0. The first-order chi connectivity index (χ1) is 15.1. The zero-order valence-corrected chi connectivity index (χ0v) is 16.1. The minimum atomic E-state index is -0.479. The predicted molar refractivity (Wildman–Crippen MR) is 114 cm³/mol. The highest BCUT2D eigenvalue weighted by atomic mass is 16.7. The number of hydrogen-bond acceptors (Lipinski definition) is 6. The summed E-state index contributed by atoms with van der Waals surface area (Å²) in [5.74, 6) is 1.39. The van der Waals surface area contributed by atoms with Crippen molar-refractivity contribution in [3.05, 3.63) is 99.7 Å². The molecule has 31 heavy (non-hydrogen) atoms. The molecular weight excluding hydrogens is 398 g/mol. The van der Waals surface area contributed by atoms with Gasteiger partial charge in [-0.25, -0.2) is 4.99 Å². The number of carbonyl (C=O) groups is 1. The maximum atomic E-state index is 13.3. The minimum absolute atomic E-state index is 0.0512. The summed E-state index contributed by atoms with van der Waals surface area (Å²) in [7, 11) is 0. The number of rotatable bonds is 4. The number of benzene rings is 3. The van der Waals surface area contributed by atoms with Crippen LogP contribution >= 0.6 is 0 Å². The van der Waals surface area contributed by atoms with E-state index in [1.807, 2.05) is 36.4 Å². The summed E-state index contributed by atoms with van der Waals surface area (Å²) < 4.78 is 10.7. The highest BCUT2D eigenvalue weighted by Gasteiger charge is 2.32. The maximum absolute atomic E-state index is 13.3. The first kappa shape index (κ1) is 18.6. The van der Waals surface area contributed by atoms with Gasteiger partial charge in [0.25, 0.3) is 11.6 Å². The Balaban J connectivity index is 1.57. The van der Waals surface area contributed by atoms with Gasteiger partial charge in [-0.05, 0) is 35.9 Å². The Kier molecular flexibility index (Phi) is 4.44. The smallest absolute Gasteiger partial charge is 0.282 e. The standard InChI is InChI=1S/C23H15N3O5/c27-23-19(12-15-6-11-20-21(13-15)31-14-30-20)24-22(16-4-2-1-3-5-16)25(23)17-7-9-18(10-8-17)26(28)29/h1-13H,14H2. The molecule has 1 amide bonds. The molecule has 8 heteroatoms. The molecule has 0 saturated carbocycles. The van der Waals surface area contributed by atoms with Crippen molar-refractivity contribution in [3.8, 4) is 11.5 Å². The first-order valence-electron chi connectivity index (χ1n) is 9.44. The Morgan fingerprint density at radius 3 is 2.45 bits per heavy atom. The van der Waals surface area contributed by atoms with Gasteiger partial charge < -0.3 is 9.47 Å². The summed E-state index contributed by atoms with van der Waals surface area (Å²) in [6, 6.07) is 20.5. The number of anilines is 1. The average molecular weight is 413 g/mol. The van der Waals surface area contributed by atoms with Crippen LogP contribution in [0.25, 0.3) is 6.08 Å². The number of aliphatic imine (C=N–C) groups is 1. The molecule has 0 radical (unpaired) electrons. The van der Waals surface area contributed by atoms with E-state index in [1.54, 1.807) is 18.2 Å². The van der Waals surface area contributed by atoms with Crippen LogP contribution < -0.4 is 14.4 Å². The number of fused-ring (bicyclic) bond motifs is 1. The molecule has 2 heterocycles. The number of non-ortho nitro benzene ring substituents is 1. The largest absolute Gasteiger partial charge is 0.454 e. The molecular formula is C23H15N3O5. The minimum Gasteiger partial charge on any atom is -0.454 e. The molecule has 5 rings (SSSR count). The van der Waals surface area contributed by atoms with Crippen LogP contribution in [0.3, 0.4) is 0 Å². The van der Waals surface area contributed by atoms with Crippen molar-refractivity contribution < 1.29 is 19.2 Å². The van der Waals surface area contributed by atoms with Crippen LogP contribution in [0.4, 0.5) is 11.4 Å². The molecule has 0 aliphatic carbocycles. The van der Waals surface area contributed by atoms with Crippen LogP contribution in [0, 0.1) is 10.1 Å². The maximum Gasteiger partial charge on any atom is 0.282 e. The van der Waals surface area contributed by atoms with Gasteiger partial charge in [-0.1, -0.05) is 36.4 Å². The fourth-order valence-corrected chi connectivity index (χ4v) is 3.42. The van der Waals surface area contributed by atoms with Gasteiger partial charge in [-0.2, -0.15) is 0 Å². The zero-order valence-electron chi connectivity index (χ0n) is 16.1. The van der Waals surface area contributed by atoms with E-state index in [0.717, 1.165) is 11.1 Å². The third-order valence-corrected chi connectivity index (χ3v) is 4.91. The molecule has 2 aliphatic heterocycles. The van der Waals surface area contributed by atoms with Crippen LogP contribution in [-0.4, -0.2) is 23.5 Å². The molecule has 8 nitrogen and oxygen atoms in total. The molecule has 0 N–H and O–H groups in total. The van der Waals surface area contributed by atoms with E-state index in [2.05, 4.69) is 4.99 Å². The molecule has 0 fully saturated rings. The Morgan fingerprint density at radius 1 is 0.968 bits per heavy atom. The highest BCUT2D eigenvalue weighted by molar-refractivity contribution is 6.33. The fourth-order valence-electron chi connectivity index (χ4n) is 3.42. The van der Waals surface area contributed by atoms with Crippen molar-refractivity contribution in [2.24, 2.45) is 4.99 Å². The van der Waals surface area contributed by atoms with Crippen molar-refractivity contribution in [2.45, 2.75) is 0 Å². The molecule has 0 saturated heterocycles. The number of nitro benzene ring substituents is 1. The summed E-state index contributed by atoms with van der Waals surface area (Å²) in [6.07, 6.45) is 1.68. The summed E-state index contributed by atoms with van der Waals surface area (Å²) in [5.41, 5.74) is 2.19. The van der Waals surface area contributed by atoms with E-state index in [4.69, 9.17) is 9.47 Å². The van der Waals surface area contributed by atoms with Crippen LogP contribution in [-0.2, 0) is 4.79 Å². The zero-order chi connectivity index (χ0) is 21.4. The van der Waals surface area contributed by atoms with E-state index >= 15 is 0 Å². The topological polar surface area (TPSA) is 94.3 Å². The Bertz CT molecular complexity index is 1250. The lowest BCUT2D eigenvalue weighted by atomic mass is 10.1.